The fraction of sp³-hybridized carbons (Fsp3) is 0.250. The topological polar surface area (TPSA) is 65.9 Å². The third kappa shape index (κ3) is 2.43. The van der Waals surface area contributed by atoms with E-state index < -0.39 is 0 Å². The first-order valence-corrected chi connectivity index (χ1v) is 6.74. The standard InChI is InChI=1S/C16H16N4/c17-10-15-8-12(5-6-19-15)11-20-7-1-2-13-3-4-14(18)9-16(13)20/h3-6,8-9H,1-2,7,11,18H2. The first-order valence-electron chi connectivity index (χ1n) is 6.74. The van der Waals surface area contributed by atoms with Crippen molar-refractivity contribution in [2.75, 3.05) is 17.2 Å². The molecule has 0 spiro atoms. The first-order chi connectivity index (χ1) is 9.76. The molecule has 1 aliphatic rings. The number of anilines is 2. The highest BCUT2D eigenvalue weighted by atomic mass is 15.1. The van der Waals surface area contributed by atoms with E-state index in [1.807, 2.05) is 24.3 Å². The summed E-state index contributed by atoms with van der Waals surface area (Å²) in [6.45, 7) is 1.80. The number of fused-ring (bicyclic) bond motifs is 1. The predicted octanol–water partition coefficient (Wildman–Crippen LogP) is 2.49. The Labute approximate surface area is 118 Å². The fourth-order valence-corrected chi connectivity index (χ4v) is 2.69. The van der Waals surface area contributed by atoms with Gasteiger partial charge in [-0.15, -0.1) is 0 Å². The minimum atomic E-state index is 0.465. The van der Waals surface area contributed by atoms with Gasteiger partial charge in [-0.1, -0.05) is 6.07 Å². The second kappa shape index (κ2) is 5.22. The lowest BCUT2D eigenvalue weighted by Gasteiger charge is -2.31. The Kier molecular flexibility index (Phi) is 3.26. The van der Waals surface area contributed by atoms with Crippen molar-refractivity contribution in [1.82, 2.24) is 4.98 Å². The Morgan fingerprint density at radius 2 is 2.20 bits per heavy atom. The molecule has 2 N–H and O–H groups in total. The average molecular weight is 264 g/mol. The summed E-state index contributed by atoms with van der Waals surface area (Å²) in [5, 5.41) is 8.92. The van der Waals surface area contributed by atoms with E-state index in [9.17, 15) is 0 Å². The highest BCUT2D eigenvalue weighted by Gasteiger charge is 2.17. The van der Waals surface area contributed by atoms with Crippen LogP contribution in [0.2, 0.25) is 0 Å². The van der Waals surface area contributed by atoms with Gasteiger partial charge < -0.3 is 10.6 Å². The first kappa shape index (κ1) is 12.5. The molecule has 0 bridgehead atoms. The molecular weight excluding hydrogens is 248 g/mol. The van der Waals surface area contributed by atoms with Crippen LogP contribution in [0.4, 0.5) is 11.4 Å². The summed E-state index contributed by atoms with van der Waals surface area (Å²) in [5.41, 5.74) is 10.8. The maximum Gasteiger partial charge on any atom is 0.140 e. The van der Waals surface area contributed by atoms with E-state index in [1.165, 1.54) is 11.3 Å². The molecule has 0 radical (unpaired) electrons. The molecule has 0 atom stereocenters. The lowest BCUT2D eigenvalue weighted by molar-refractivity contribution is 0.691. The Balaban J connectivity index is 1.89. The summed E-state index contributed by atoms with van der Waals surface area (Å²) in [6.07, 6.45) is 3.94. The molecule has 3 rings (SSSR count). The molecule has 4 heteroatoms. The van der Waals surface area contributed by atoms with Crippen LogP contribution in [-0.2, 0) is 13.0 Å². The summed E-state index contributed by atoms with van der Waals surface area (Å²) < 4.78 is 0. The number of hydrogen-bond acceptors (Lipinski definition) is 4. The second-order valence-corrected chi connectivity index (χ2v) is 5.07. The van der Waals surface area contributed by atoms with Crippen LogP contribution in [0.1, 0.15) is 23.2 Å². The van der Waals surface area contributed by atoms with E-state index in [0.29, 0.717) is 5.69 Å². The number of pyridine rings is 1. The van der Waals surface area contributed by atoms with E-state index in [0.717, 1.165) is 37.2 Å². The molecule has 1 aliphatic heterocycles. The van der Waals surface area contributed by atoms with E-state index in [1.54, 1.807) is 6.20 Å². The maximum atomic E-state index is 8.92. The van der Waals surface area contributed by atoms with Crippen molar-refractivity contribution in [3.8, 4) is 6.07 Å². The summed E-state index contributed by atoms with van der Waals surface area (Å²) in [5.74, 6) is 0. The molecule has 0 fully saturated rings. The molecule has 0 saturated heterocycles. The van der Waals surface area contributed by atoms with Gasteiger partial charge in [-0.3, -0.25) is 0 Å². The minimum Gasteiger partial charge on any atom is -0.399 e. The smallest absolute Gasteiger partial charge is 0.140 e. The average Bonchev–Trinajstić information content (AvgIpc) is 2.48. The van der Waals surface area contributed by atoms with Gasteiger partial charge in [0.15, 0.2) is 0 Å². The van der Waals surface area contributed by atoms with Crippen LogP contribution in [0.5, 0.6) is 0 Å². The summed E-state index contributed by atoms with van der Waals surface area (Å²) >= 11 is 0. The zero-order valence-electron chi connectivity index (χ0n) is 11.2. The van der Waals surface area contributed by atoms with E-state index in [2.05, 4.69) is 22.0 Å². The normalized spacial score (nSPS) is 13.7. The van der Waals surface area contributed by atoms with Gasteiger partial charge in [0.25, 0.3) is 0 Å². The Morgan fingerprint density at radius 3 is 3.05 bits per heavy atom. The third-order valence-electron chi connectivity index (χ3n) is 3.64. The Morgan fingerprint density at radius 1 is 1.30 bits per heavy atom. The SMILES string of the molecule is N#Cc1cc(CN2CCCc3ccc(N)cc32)ccn1. The van der Waals surface area contributed by atoms with Gasteiger partial charge >= 0.3 is 0 Å². The Hall–Kier alpha value is -2.54. The molecule has 1 aromatic carbocycles. The number of aryl methyl sites for hydroxylation is 1. The third-order valence-corrected chi connectivity index (χ3v) is 3.64. The number of nitrogen functional groups attached to an aromatic ring is 1. The molecule has 1 aromatic heterocycles. The van der Waals surface area contributed by atoms with Crippen LogP contribution < -0.4 is 10.6 Å². The molecule has 2 aromatic rings. The minimum absolute atomic E-state index is 0.465. The summed E-state index contributed by atoms with van der Waals surface area (Å²) in [4.78, 5) is 6.33. The van der Waals surface area contributed by atoms with Gasteiger partial charge in [-0.25, -0.2) is 4.98 Å². The van der Waals surface area contributed by atoms with Gasteiger partial charge in [0.1, 0.15) is 11.8 Å². The van der Waals surface area contributed by atoms with Gasteiger partial charge in [0.05, 0.1) is 0 Å². The van der Waals surface area contributed by atoms with Gasteiger partial charge in [0.2, 0.25) is 0 Å². The van der Waals surface area contributed by atoms with Crippen LogP contribution >= 0.6 is 0 Å². The van der Waals surface area contributed by atoms with Crippen molar-refractivity contribution in [2.24, 2.45) is 0 Å². The lowest BCUT2D eigenvalue weighted by Crippen LogP contribution is -2.28. The van der Waals surface area contributed by atoms with Crippen molar-refractivity contribution in [3.63, 3.8) is 0 Å². The van der Waals surface area contributed by atoms with Crippen molar-refractivity contribution in [1.29, 1.82) is 5.26 Å². The van der Waals surface area contributed by atoms with Crippen LogP contribution in [0, 0.1) is 11.3 Å². The lowest BCUT2D eigenvalue weighted by atomic mass is 10.0. The molecule has 2 heterocycles. The number of nitrogens with two attached hydrogens (primary N) is 1. The van der Waals surface area contributed by atoms with Gasteiger partial charge in [0, 0.05) is 30.7 Å². The monoisotopic (exact) mass is 264 g/mol. The maximum absolute atomic E-state index is 8.92. The van der Waals surface area contributed by atoms with Crippen molar-refractivity contribution in [3.05, 3.63) is 53.3 Å². The molecule has 4 nitrogen and oxygen atoms in total. The number of nitriles is 1. The zero-order chi connectivity index (χ0) is 13.9. The van der Waals surface area contributed by atoms with Crippen molar-refractivity contribution in [2.45, 2.75) is 19.4 Å². The van der Waals surface area contributed by atoms with Crippen molar-refractivity contribution < 1.29 is 0 Å². The number of nitrogens with zero attached hydrogens (tertiary/aromatic N) is 3. The molecule has 0 aliphatic carbocycles. The number of hydrogen-bond donors (Lipinski definition) is 1. The van der Waals surface area contributed by atoms with Gasteiger partial charge in [-0.2, -0.15) is 5.26 Å². The van der Waals surface area contributed by atoms with Crippen LogP contribution in [-0.4, -0.2) is 11.5 Å². The second-order valence-electron chi connectivity index (χ2n) is 5.07. The highest BCUT2D eigenvalue weighted by Crippen LogP contribution is 2.30. The predicted molar refractivity (Wildman–Crippen MR) is 79.2 cm³/mol. The number of rotatable bonds is 2. The van der Waals surface area contributed by atoms with Crippen LogP contribution in [0.15, 0.2) is 36.5 Å². The van der Waals surface area contributed by atoms with Crippen molar-refractivity contribution >= 4 is 11.4 Å². The Bertz CT molecular complexity index is 672. The molecule has 0 unspecified atom stereocenters. The number of benzene rings is 1. The number of aromatic nitrogens is 1. The summed E-state index contributed by atoms with van der Waals surface area (Å²) in [7, 11) is 0. The highest BCUT2D eigenvalue weighted by molar-refractivity contribution is 5.62. The molecular formula is C16H16N4. The van der Waals surface area contributed by atoms with Crippen LogP contribution in [0.3, 0.4) is 0 Å². The van der Waals surface area contributed by atoms with E-state index in [-0.39, 0.29) is 0 Å². The molecule has 0 saturated carbocycles. The molecule has 20 heavy (non-hydrogen) atoms. The molecule has 100 valence electrons. The molecule has 0 amide bonds. The van der Waals surface area contributed by atoms with E-state index >= 15 is 0 Å². The van der Waals surface area contributed by atoms with Gasteiger partial charge in [-0.05, 0) is 48.2 Å². The largest absolute Gasteiger partial charge is 0.399 e. The quantitative estimate of drug-likeness (QED) is 0.846. The zero-order valence-corrected chi connectivity index (χ0v) is 11.2. The summed E-state index contributed by atoms with van der Waals surface area (Å²) in [6, 6.07) is 12.0. The van der Waals surface area contributed by atoms with Crippen LogP contribution in [0.25, 0.3) is 0 Å². The van der Waals surface area contributed by atoms with E-state index in [4.69, 9.17) is 11.0 Å². The fourth-order valence-electron chi connectivity index (χ4n) is 2.69.